The Balaban J connectivity index is 1.66. The van der Waals surface area contributed by atoms with Gasteiger partial charge in [-0.05, 0) is 29.8 Å². The van der Waals surface area contributed by atoms with Crippen molar-refractivity contribution in [3.8, 4) is 5.75 Å². The Hall–Kier alpha value is -2.97. The molecule has 1 N–H and O–H groups in total. The van der Waals surface area contributed by atoms with Crippen molar-refractivity contribution < 1.29 is 17.9 Å². The predicted molar refractivity (Wildman–Crippen MR) is 130 cm³/mol. The molecule has 0 radical (unpaired) electrons. The van der Waals surface area contributed by atoms with Crippen LogP contribution in [-0.4, -0.2) is 40.3 Å². The fraction of sp³-hybridized carbons (Fsp3) is 0.208. The maximum Gasteiger partial charge on any atom is 0.264 e. The lowest BCUT2D eigenvalue weighted by molar-refractivity contribution is -0.119. The summed E-state index contributed by atoms with van der Waals surface area (Å²) in [5.41, 5.74) is 1.59. The fourth-order valence-corrected chi connectivity index (χ4v) is 5.27. The van der Waals surface area contributed by atoms with Gasteiger partial charge in [-0.2, -0.15) is 11.8 Å². The second kappa shape index (κ2) is 11.6. The van der Waals surface area contributed by atoms with Crippen molar-refractivity contribution in [2.24, 2.45) is 0 Å². The fourth-order valence-electron chi connectivity index (χ4n) is 3.01. The van der Waals surface area contributed by atoms with Crippen molar-refractivity contribution in [3.63, 3.8) is 0 Å². The van der Waals surface area contributed by atoms with Crippen LogP contribution in [0.15, 0.2) is 89.8 Å². The van der Waals surface area contributed by atoms with E-state index in [0.29, 0.717) is 18.0 Å². The molecule has 3 rings (SSSR count). The molecule has 0 aromatic heterocycles. The summed E-state index contributed by atoms with van der Waals surface area (Å²) < 4.78 is 32.9. The molecule has 3 aromatic carbocycles. The van der Waals surface area contributed by atoms with E-state index in [1.807, 2.05) is 18.2 Å². The number of rotatable bonds is 11. The molecule has 8 heteroatoms. The highest BCUT2D eigenvalue weighted by molar-refractivity contribution is 7.98. The maximum atomic E-state index is 13.3. The quantitative estimate of drug-likeness (QED) is 0.430. The number of hydrogen-bond acceptors (Lipinski definition) is 5. The minimum absolute atomic E-state index is 0.119. The topological polar surface area (TPSA) is 75.7 Å². The van der Waals surface area contributed by atoms with Gasteiger partial charge in [-0.3, -0.25) is 9.10 Å². The molecule has 32 heavy (non-hydrogen) atoms. The first-order valence-electron chi connectivity index (χ1n) is 10.1. The van der Waals surface area contributed by atoms with Crippen LogP contribution >= 0.6 is 11.8 Å². The molecule has 0 saturated heterocycles. The molecular formula is C24H26N2O4S2. The van der Waals surface area contributed by atoms with Crippen molar-refractivity contribution >= 4 is 33.4 Å². The van der Waals surface area contributed by atoms with E-state index in [4.69, 9.17) is 4.74 Å². The highest BCUT2D eigenvalue weighted by Gasteiger charge is 2.27. The number of nitrogens with zero attached hydrogens (tertiary/aromatic N) is 1. The van der Waals surface area contributed by atoms with Crippen LogP contribution in [0.2, 0.25) is 0 Å². The third-order valence-electron chi connectivity index (χ3n) is 4.64. The Bertz CT molecular complexity index is 1110. The molecular weight excluding hydrogens is 444 g/mol. The maximum absolute atomic E-state index is 13.3. The van der Waals surface area contributed by atoms with E-state index >= 15 is 0 Å². The van der Waals surface area contributed by atoms with Crippen molar-refractivity contribution in [2.45, 2.75) is 10.6 Å². The summed E-state index contributed by atoms with van der Waals surface area (Å²) in [6.07, 6.45) is 0. The zero-order valence-corrected chi connectivity index (χ0v) is 19.4. The average molecular weight is 471 g/mol. The van der Waals surface area contributed by atoms with Crippen molar-refractivity contribution in [1.29, 1.82) is 0 Å². The van der Waals surface area contributed by atoms with E-state index in [1.165, 1.54) is 24.8 Å². The molecule has 0 aliphatic heterocycles. The molecule has 0 bridgehead atoms. The lowest BCUT2D eigenvalue weighted by atomic mass is 10.2. The summed E-state index contributed by atoms with van der Waals surface area (Å²) in [6.45, 7) is 0.126. The number of thioether (sulfide) groups is 1. The van der Waals surface area contributed by atoms with Gasteiger partial charge in [0, 0.05) is 24.1 Å². The van der Waals surface area contributed by atoms with Crippen molar-refractivity contribution in [1.82, 2.24) is 5.32 Å². The number of sulfonamides is 1. The highest BCUT2D eigenvalue weighted by atomic mass is 32.2. The van der Waals surface area contributed by atoms with Gasteiger partial charge in [0.25, 0.3) is 10.0 Å². The van der Waals surface area contributed by atoms with Crippen molar-refractivity contribution in [2.75, 3.05) is 30.3 Å². The largest absolute Gasteiger partial charge is 0.497 e. The lowest BCUT2D eigenvalue weighted by Gasteiger charge is -2.24. The Morgan fingerprint density at radius 1 is 0.969 bits per heavy atom. The second-order valence-electron chi connectivity index (χ2n) is 6.91. The van der Waals surface area contributed by atoms with Gasteiger partial charge < -0.3 is 10.1 Å². The summed E-state index contributed by atoms with van der Waals surface area (Å²) in [7, 11) is -2.42. The summed E-state index contributed by atoms with van der Waals surface area (Å²) >= 11 is 1.71. The standard InChI is InChI=1S/C24H26N2O4S2/c1-30-22-12-8-11-21(17-22)26(32(28,29)23-13-6-3-7-14-23)18-24(27)25-15-16-31-19-20-9-4-2-5-10-20/h2-14,17H,15-16,18-19H2,1H3,(H,25,27). The SMILES string of the molecule is COc1cccc(N(CC(=O)NCCSCc2ccccc2)S(=O)(=O)c2ccccc2)c1. The number of carbonyl (C=O) groups excluding carboxylic acids is 1. The number of amides is 1. The molecule has 0 aliphatic rings. The molecule has 6 nitrogen and oxygen atoms in total. The molecule has 0 aliphatic carbocycles. The number of methoxy groups -OCH3 is 1. The van der Waals surface area contributed by atoms with E-state index in [9.17, 15) is 13.2 Å². The van der Waals surface area contributed by atoms with Crippen LogP contribution in [0, 0.1) is 0 Å². The van der Waals surface area contributed by atoms with Crippen LogP contribution in [0.4, 0.5) is 5.69 Å². The summed E-state index contributed by atoms with van der Waals surface area (Å²) in [6, 6.07) is 24.8. The van der Waals surface area contributed by atoms with Crippen LogP contribution in [0.25, 0.3) is 0 Å². The number of ether oxygens (including phenoxy) is 1. The molecule has 0 heterocycles. The number of carbonyl (C=O) groups is 1. The first-order valence-corrected chi connectivity index (χ1v) is 12.7. The van der Waals surface area contributed by atoms with E-state index in [2.05, 4.69) is 17.4 Å². The smallest absolute Gasteiger partial charge is 0.264 e. The minimum atomic E-state index is -3.93. The molecule has 0 spiro atoms. The van der Waals surface area contributed by atoms with Gasteiger partial charge >= 0.3 is 0 Å². The predicted octanol–water partition coefficient (Wildman–Crippen LogP) is 3.94. The molecule has 3 aromatic rings. The molecule has 168 valence electrons. The average Bonchev–Trinajstić information content (AvgIpc) is 2.83. The number of anilines is 1. The Labute approximate surface area is 193 Å². The first-order chi connectivity index (χ1) is 15.5. The zero-order valence-electron chi connectivity index (χ0n) is 17.8. The molecule has 0 saturated carbocycles. The van der Waals surface area contributed by atoms with E-state index in [1.54, 1.807) is 54.2 Å². The van der Waals surface area contributed by atoms with Crippen LogP contribution < -0.4 is 14.4 Å². The summed E-state index contributed by atoms with van der Waals surface area (Å²) in [4.78, 5) is 12.8. The monoisotopic (exact) mass is 470 g/mol. The summed E-state index contributed by atoms with van der Waals surface area (Å²) in [5.74, 6) is 1.72. The molecule has 1 amide bonds. The third-order valence-corrected chi connectivity index (χ3v) is 7.46. The number of hydrogen-bond donors (Lipinski definition) is 1. The van der Waals surface area contributed by atoms with Gasteiger partial charge in [-0.15, -0.1) is 0 Å². The number of nitrogens with one attached hydrogen (secondary N) is 1. The Kier molecular flexibility index (Phi) is 8.58. The van der Waals surface area contributed by atoms with Crippen molar-refractivity contribution in [3.05, 3.63) is 90.5 Å². The molecule has 0 atom stereocenters. The van der Waals surface area contributed by atoms with Gasteiger partial charge in [0.05, 0.1) is 17.7 Å². The Morgan fingerprint density at radius 2 is 1.66 bits per heavy atom. The van der Waals surface area contributed by atoms with Gasteiger partial charge in [-0.1, -0.05) is 54.6 Å². The first kappa shape index (κ1) is 23.7. The Morgan fingerprint density at radius 3 is 2.34 bits per heavy atom. The normalized spacial score (nSPS) is 11.0. The second-order valence-corrected chi connectivity index (χ2v) is 9.88. The number of benzene rings is 3. The van der Waals surface area contributed by atoms with E-state index < -0.39 is 10.0 Å². The third kappa shape index (κ3) is 6.51. The minimum Gasteiger partial charge on any atom is -0.497 e. The highest BCUT2D eigenvalue weighted by Crippen LogP contribution is 2.26. The van der Waals surface area contributed by atoms with E-state index in [-0.39, 0.29) is 17.3 Å². The van der Waals surface area contributed by atoms with Gasteiger partial charge in [0.1, 0.15) is 12.3 Å². The van der Waals surface area contributed by atoms with Crippen LogP contribution in [0.5, 0.6) is 5.75 Å². The van der Waals surface area contributed by atoms with Gasteiger partial charge in [0.2, 0.25) is 5.91 Å². The summed E-state index contributed by atoms with van der Waals surface area (Å²) in [5, 5.41) is 2.82. The van der Waals surface area contributed by atoms with Crippen LogP contribution in [0.3, 0.4) is 0 Å². The van der Waals surface area contributed by atoms with Gasteiger partial charge in [0.15, 0.2) is 0 Å². The van der Waals surface area contributed by atoms with Gasteiger partial charge in [-0.25, -0.2) is 8.42 Å². The van der Waals surface area contributed by atoms with E-state index in [0.717, 1.165) is 15.8 Å². The zero-order chi connectivity index (χ0) is 22.8. The molecule has 0 fully saturated rings. The van der Waals surface area contributed by atoms with Crippen LogP contribution in [-0.2, 0) is 20.6 Å². The lowest BCUT2D eigenvalue weighted by Crippen LogP contribution is -2.41. The van der Waals surface area contributed by atoms with Crippen LogP contribution in [0.1, 0.15) is 5.56 Å². The molecule has 0 unspecified atom stereocenters.